The third-order valence-corrected chi connectivity index (χ3v) is 6.30. The molecule has 1 amide bonds. The maximum absolute atomic E-state index is 12.5. The summed E-state index contributed by atoms with van der Waals surface area (Å²) in [6, 6.07) is 4.48. The Kier molecular flexibility index (Phi) is 6.69. The van der Waals surface area contributed by atoms with Crippen LogP contribution in [0.4, 0.5) is 0 Å². The van der Waals surface area contributed by atoms with Crippen LogP contribution in [0.2, 0.25) is 0 Å². The molecule has 150 valence electrons. The first kappa shape index (κ1) is 20.1. The lowest BCUT2D eigenvalue weighted by Gasteiger charge is -2.27. The second-order valence-corrected chi connectivity index (χ2v) is 8.64. The molecule has 1 saturated heterocycles. The van der Waals surface area contributed by atoms with Gasteiger partial charge in [0.1, 0.15) is 10.6 Å². The molecule has 1 aliphatic heterocycles. The number of carbonyl (C=O) groups excluding carboxylic acids is 1. The minimum Gasteiger partial charge on any atom is -0.495 e. The SMILES string of the molecule is COc1ccc(C(=O)NCCCN2CCNCC2)cc1S(=O)(=O)NC1CC1. The van der Waals surface area contributed by atoms with E-state index in [9.17, 15) is 13.2 Å². The van der Waals surface area contributed by atoms with Gasteiger partial charge in [0.15, 0.2) is 0 Å². The molecule has 3 N–H and O–H groups in total. The molecule has 1 heterocycles. The summed E-state index contributed by atoms with van der Waals surface area (Å²) < 4.78 is 32.9. The number of rotatable bonds is 9. The van der Waals surface area contributed by atoms with Gasteiger partial charge in [-0.2, -0.15) is 0 Å². The standard InChI is InChI=1S/C18H28N4O4S/c1-26-16-6-3-14(13-17(16)27(24,25)21-15-4-5-15)18(23)20-7-2-10-22-11-8-19-9-12-22/h3,6,13,15,19,21H,2,4-5,7-12H2,1H3,(H,20,23). The Labute approximate surface area is 160 Å². The van der Waals surface area contributed by atoms with Gasteiger partial charge in [0.05, 0.1) is 7.11 Å². The minimum absolute atomic E-state index is 0.00497. The van der Waals surface area contributed by atoms with Gasteiger partial charge in [-0.1, -0.05) is 0 Å². The van der Waals surface area contributed by atoms with Crippen LogP contribution in [0.5, 0.6) is 5.75 Å². The largest absolute Gasteiger partial charge is 0.495 e. The van der Waals surface area contributed by atoms with Crippen LogP contribution in [0.15, 0.2) is 23.1 Å². The summed E-state index contributed by atoms with van der Waals surface area (Å²) in [6.45, 7) is 5.56. The Morgan fingerprint density at radius 1 is 1.30 bits per heavy atom. The van der Waals surface area contributed by atoms with Crippen molar-refractivity contribution in [2.24, 2.45) is 0 Å². The second-order valence-electron chi connectivity index (χ2n) is 6.96. The van der Waals surface area contributed by atoms with E-state index in [4.69, 9.17) is 4.74 Å². The molecule has 2 aliphatic rings. The van der Waals surface area contributed by atoms with Crippen molar-refractivity contribution in [2.45, 2.75) is 30.2 Å². The molecule has 2 fully saturated rings. The van der Waals surface area contributed by atoms with E-state index in [1.54, 1.807) is 6.07 Å². The number of hydrogen-bond acceptors (Lipinski definition) is 6. The van der Waals surface area contributed by atoms with Gasteiger partial charge in [-0.15, -0.1) is 0 Å². The summed E-state index contributed by atoms with van der Waals surface area (Å²) in [6.07, 6.45) is 2.54. The van der Waals surface area contributed by atoms with Crippen LogP contribution in [0.3, 0.4) is 0 Å². The van der Waals surface area contributed by atoms with E-state index in [1.807, 2.05) is 0 Å². The molecule has 0 spiro atoms. The first-order valence-corrected chi connectivity index (χ1v) is 10.9. The number of carbonyl (C=O) groups is 1. The quantitative estimate of drug-likeness (QED) is 0.514. The molecule has 1 saturated carbocycles. The monoisotopic (exact) mass is 396 g/mol. The normalized spacial score (nSPS) is 18.3. The predicted octanol–water partition coefficient (Wildman–Crippen LogP) is 0.161. The number of hydrogen-bond donors (Lipinski definition) is 3. The molecule has 27 heavy (non-hydrogen) atoms. The van der Waals surface area contributed by atoms with Crippen molar-refractivity contribution < 1.29 is 17.9 Å². The molecule has 8 nitrogen and oxygen atoms in total. The van der Waals surface area contributed by atoms with E-state index >= 15 is 0 Å². The topological polar surface area (TPSA) is 99.8 Å². The number of ether oxygens (including phenoxy) is 1. The van der Waals surface area contributed by atoms with Crippen molar-refractivity contribution in [3.63, 3.8) is 0 Å². The van der Waals surface area contributed by atoms with Crippen molar-refractivity contribution in [1.29, 1.82) is 0 Å². The Hall–Kier alpha value is -1.68. The fraction of sp³-hybridized carbons (Fsp3) is 0.611. The Morgan fingerprint density at radius 2 is 2.04 bits per heavy atom. The summed E-state index contributed by atoms with van der Waals surface area (Å²) in [5, 5.41) is 6.18. The van der Waals surface area contributed by atoms with Gasteiger partial charge >= 0.3 is 0 Å². The fourth-order valence-electron chi connectivity index (χ4n) is 3.05. The summed E-state index contributed by atoms with van der Waals surface area (Å²) >= 11 is 0. The van der Waals surface area contributed by atoms with Crippen molar-refractivity contribution in [1.82, 2.24) is 20.3 Å². The molecule has 9 heteroatoms. The number of benzene rings is 1. The number of piperazine rings is 1. The maximum Gasteiger partial charge on any atom is 0.251 e. The van der Waals surface area contributed by atoms with Gasteiger partial charge in [0.25, 0.3) is 5.91 Å². The van der Waals surface area contributed by atoms with E-state index in [1.165, 1.54) is 19.2 Å². The lowest BCUT2D eigenvalue weighted by Crippen LogP contribution is -2.44. The van der Waals surface area contributed by atoms with Crippen LogP contribution in [0.1, 0.15) is 29.6 Å². The molecule has 1 aromatic rings. The highest BCUT2D eigenvalue weighted by Gasteiger charge is 2.30. The third kappa shape index (κ3) is 5.65. The molecule has 0 atom stereocenters. The van der Waals surface area contributed by atoms with E-state index in [0.29, 0.717) is 12.1 Å². The van der Waals surface area contributed by atoms with Gasteiger partial charge in [-0.05, 0) is 44.0 Å². The van der Waals surface area contributed by atoms with Gasteiger partial charge in [0.2, 0.25) is 10.0 Å². The average Bonchev–Trinajstić information content (AvgIpc) is 3.48. The van der Waals surface area contributed by atoms with Crippen molar-refractivity contribution >= 4 is 15.9 Å². The maximum atomic E-state index is 12.5. The van der Waals surface area contributed by atoms with Crippen LogP contribution >= 0.6 is 0 Å². The number of sulfonamides is 1. The molecule has 0 radical (unpaired) electrons. The molecule has 0 aromatic heterocycles. The molecule has 1 aliphatic carbocycles. The molecule has 0 bridgehead atoms. The molecule has 1 aromatic carbocycles. The Balaban J connectivity index is 1.58. The predicted molar refractivity (Wildman–Crippen MR) is 103 cm³/mol. The van der Waals surface area contributed by atoms with E-state index in [0.717, 1.165) is 52.0 Å². The van der Waals surface area contributed by atoms with E-state index < -0.39 is 10.0 Å². The Bertz CT molecular complexity index is 759. The number of nitrogens with one attached hydrogen (secondary N) is 3. The summed E-state index contributed by atoms with van der Waals surface area (Å²) in [4.78, 5) is 14.8. The molecule has 0 unspecified atom stereocenters. The number of amides is 1. The summed E-state index contributed by atoms with van der Waals surface area (Å²) in [5.41, 5.74) is 0.314. The second kappa shape index (κ2) is 9.01. The third-order valence-electron chi connectivity index (χ3n) is 4.76. The Morgan fingerprint density at radius 3 is 2.70 bits per heavy atom. The highest BCUT2D eigenvalue weighted by atomic mass is 32.2. The summed E-state index contributed by atoms with van der Waals surface area (Å²) in [7, 11) is -2.29. The zero-order chi connectivity index (χ0) is 19.3. The molecular formula is C18H28N4O4S. The average molecular weight is 397 g/mol. The first-order valence-electron chi connectivity index (χ1n) is 9.41. The van der Waals surface area contributed by atoms with Crippen LogP contribution in [-0.2, 0) is 10.0 Å². The van der Waals surface area contributed by atoms with Crippen molar-refractivity contribution in [3.8, 4) is 5.75 Å². The highest BCUT2D eigenvalue weighted by molar-refractivity contribution is 7.89. The minimum atomic E-state index is -3.70. The van der Waals surface area contributed by atoms with Gasteiger partial charge in [-0.3, -0.25) is 4.79 Å². The first-order chi connectivity index (χ1) is 13.0. The number of methoxy groups -OCH3 is 1. The molecule has 3 rings (SSSR count). The van der Waals surface area contributed by atoms with Crippen LogP contribution in [0.25, 0.3) is 0 Å². The zero-order valence-electron chi connectivity index (χ0n) is 15.7. The lowest BCUT2D eigenvalue weighted by atomic mass is 10.2. The van der Waals surface area contributed by atoms with Crippen LogP contribution in [0, 0.1) is 0 Å². The van der Waals surface area contributed by atoms with Gasteiger partial charge in [0, 0.05) is 44.3 Å². The van der Waals surface area contributed by atoms with Crippen LogP contribution < -0.4 is 20.1 Å². The zero-order valence-corrected chi connectivity index (χ0v) is 16.5. The van der Waals surface area contributed by atoms with Crippen LogP contribution in [-0.4, -0.2) is 71.6 Å². The lowest BCUT2D eigenvalue weighted by molar-refractivity contribution is 0.0951. The van der Waals surface area contributed by atoms with Crippen molar-refractivity contribution in [3.05, 3.63) is 23.8 Å². The van der Waals surface area contributed by atoms with Gasteiger partial charge in [-0.25, -0.2) is 13.1 Å². The highest BCUT2D eigenvalue weighted by Crippen LogP contribution is 2.28. The van der Waals surface area contributed by atoms with E-state index in [-0.39, 0.29) is 22.6 Å². The van der Waals surface area contributed by atoms with Gasteiger partial charge < -0.3 is 20.3 Å². The van der Waals surface area contributed by atoms with Crippen molar-refractivity contribution in [2.75, 3.05) is 46.4 Å². The fourth-order valence-corrected chi connectivity index (χ4v) is 4.55. The smallest absolute Gasteiger partial charge is 0.251 e. The summed E-state index contributed by atoms with van der Waals surface area (Å²) in [5.74, 6) is -0.0424. The number of nitrogens with zero attached hydrogens (tertiary/aromatic N) is 1. The molecular weight excluding hydrogens is 368 g/mol. The van der Waals surface area contributed by atoms with E-state index in [2.05, 4.69) is 20.3 Å².